The summed E-state index contributed by atoms with van der Waals surface area (Å²) in [6.07, 6.45) is 0. The Hall–Kier alpha value is -0.250. The Kier molecular flexibility index (Phi) is 6.62. The van der Waals surface area contributed by atoms with Crippen molar-refractivity contribution >= 4 is 72.8 Å². The van der Waals surface area contributed by atoms with Crippen LogP contribution in [0.2, 0.25) is 10.0 Å². The van der Waals surface area contributed by atoms with E-state index in [1.807, 2.05) is 29.6 Å². The van der Waals surface area contributed by atoms with Gasteiger partial charge in [-0.1, -0.05) is 23.2 Å². The molecule has 0 amide bonds. The monoisotopic (exact) mass is 514 g/mol. The zero-order chi connectivity index (χ0) is 18.9. The van der Waals surface area contributed by atoms with Gasteiger partial charge in [0, 0.05) is 21.6 Å². The highest BCUT2D eigenvalue weighted by atomic mass is 79.9. The van der Waals surface area contributed by atoms with E-state index in [2.05, 4.69) is 15.9 Å². The Labute approximate surface area is 179 Å². The van der Waals surface area contributed by atoms with Crippen LogP contribution in [0.1, 0.15) is 10.1 Å². The largest absolute Gasteiger partial charge is 0.493 e. The number of rotatable bonds is 5. The van der Waals surface area contributed by atoms with Gasteiger partial charge in [-0.2, -0.15) is 8.42 Å². The van der Waals surface area contributed by atoms with Crippen molar-refractivity contribution in [1.82, 2.24) is 0 Å². The van der Waals surface area contributed by atoms with Gasteiger partial charge in [-0.15, -0.1) is 23.5 Å². The van der Waals surface area contributed by atoms with Crippen LogP contribution in [-0.4, -0.2) is 27.0 Å². The fraction of sp³-hybridized carbons (Fsp3) is 0.250. The summed E-state index contributed by atoms with van der Waals surface area (Å²) in [5.41, 5.74) is 1.04. The molecular formula is C16H13BrCl2O4S3. The molecule has 0 spiro atoms. The van der Waals surface area contributed by atoms with Crippen LogP contribution in [0.5, 0.6) is 11.5 Å². The highest BCUT2D eigenvalue weighted by molar-refractivity contribution is 9.10. The van der Waals surface area contributed by atoms with E-state index >= 15 is 0 Å². The molecule has 1 heterocycles. The third-order valence-electron chi connectivity index (χ3n) is 3.46. The summed E-state index contributed by atoms with van der Waals surface area (Å²) in [6, 6.07) is 7.67. The van der Waals surface area contributed by atoms with Crippen LogP contribution in [0, 0.1) is 0 Å². The fourth-order valence-corrected chi connectivity index (χ4v) is 7.49. The molecule has 2 aromatic rings. The first kappa shape index (κ1) is 20.5. The van der Waals surface area contributed by atoms with Crippen molar-refractivity contribution in [2.24, 2.45) is 0 Å². The normalized spacial score (nSPS) is 15.2. The maximum absolute atomic E-state index is 12.6. The average molecular weight is 516 g/mol. The second-order valence-electron chi connectivity index (χ2n) is 5.25. The molecule has 0 aliphatic carbocycles. The minimum Gasteiger partial charge on any atom is -0.493 e. The number of halogens is 3. The zero-order valence-corrected chi connectivity index (χ0v) is 18.9. The van der Waals surface area contributed by atoms with E-state index in [9.17, 15) is 8.42 Å². The number of hydrogen-bond donors (Lipinski definition) is 0. The molecule has 0 aromatic heterocycles. The number of ether oxygens (including phenoxy) is 1. The molecule has 4 nitrogen and oxygen atoms in total. The van der Waals surface area contributed by atoms with Gasteiger partial charge in [0.2, 0.25) is 0 Å². The minimum absolute atomic E-state index is 0.0837. The molecule has 0 atom stereocenters. The van der Waals surface area contributed by atoms with E-state index in [4.69, 9.17) is 32.1 Å². The number of methoxy groups -OCH3 is 1. The lowest BCUT2D eigenvalue weighted by Gasteiger charge is -2.16. The van der Waals surface area contributed by atoms with Crippen molar-refractivity contribution < 1.29 is 17.3 Å². The van der Waals surface area contributed by atoms with Crippen molar-refractivity contribution in [2.45, 2.75) is 9.48 Å². The summed E-state index contributed by atoms with van der Waals surface area (Å²) in [6.45, 7) is 0. The van der Waals surface area contributed by atoms with E-state index in [1.165, 1.54) is 25.3 Å². The van der Waals surface area contributed by atoms with Crippen molar-refractivity contribution in [2.75, 3.05) is 18.6 Å². The highest BCUT2D eigenvalue weighted by Gasteiger charge is 2.26. The van der Waals surface area contributed by atoms with Gasteiger partial charge in [0.15, 0.2) is 11.5 Å². The zero-order valence-electron chi connectivity index (χ0n) is 13.4. The molecule has 0 bridgehead atoms. The Morgan fingerprint density at radius 3 is 2.27 bits per heavy atom. The first-order chi connectivity index (χ1) is 12.3. The van der Waals surface area contributed by atoms with E-state index in [-0.39, 0.29) is 25.3 Å². The predicted octanol–water partition coefficient (Wildman–Crippen LogP) is 6.01. The Bertz CT molecular complexity index is 911. The van der Waals surface area contributed by atoms with Crippen LogP contribution in [-0.2, 0) is 10.1 Å². The van der Waals surface area contributed by atoms with Gasteiger partial charge in [0.25, 0.3) is 0 Å². The van der Waals surface area contributed by atoms with Crippen molar-refractivity contribution in [3.63, 3.8) is 0 Å². The van der Waals surface area contributed by atoms with Gasteiger partial charge in [-0.05, 0) is 51.8 Å². The maximum atomic E-state index is 12.6. The first-order valence-electron chi connectivity index (χ1n) is 7.31. The first-order valence-corrected chi connectivity index (χ1v) is 12.4. The van der Waals surface area contributed by atoms with E-state index in [0.29, 0.717) is 10.2 Å². The molecule has 0 saturated carbocycles. The minimum atomic E-state index is -4.13. The van der Waals surface area contributed by atoms with Gasteiger partial charge < -0.3 is 8.92 Å². The summed E-state index contributed by atoms with van der Waals surface area (Å²) in [4.78, 5) is -0.130. The van der Waals surface area contributed by atoms with Crippen LogP contribution < -0.4 is 8.92 Å². The molecule has 3 rings (SSSR count). The van der Waals surface area contributed by atoms with Gasteiger partial charge in [-0.25, -0.2) is 0 Å². The van der Waals surface area contributed by atoms with Crippen LogP contribution in [0.4, 0.5) is 0 Å². The maximum Gasteiger partial charge on any atom is 0.339 e. The summed E-state index contributed by atoms with van der Waals surface area (Å²) >= 11 is 18.9. The third-order valence-corrected chi connectivity index (χ3v) is 8.79. The summed E-state index contributed by atoms with van der Waals surface area (Å²) in [5.74, 6) is 2.58. The van der Waals surface area contributed by atoms with E-state index in [0.717, 1.165) is 17.1 Å². The smallest absolute Gasteiger partial charge is 0.339 e. The second kappa shape index (κ2) is 8.41. The molecule has 1 fully saturated rings. The van der Waals surface area contributed by atoms with Crippen LogP contribution in [0.25, 0.3) is 0 Å². The highest BCUT2D eigenvalue weighted by Crippen LogP contribution is 2.49. The molecule has 140 valence electrons. The van der Waals surface area contributed by atoms with Crippen molar-refractivity contribution in [3.8, 4) is 11.5 Å². The van der Waals surface area contributed by atoms with Gasteiger partial charge >= 0.3 is 10.1 Å². The van der Waals surface area contributed by atoms with Crippen LogP contribution in [0.15, 0.2) is 39.7 Å². The molecule has 26 heavy (non-hydrogen) atoms. The van der Waals surface area contributed by atoms with E-state index < -0.39 is 10.1 Å². The quantitative estimate of drug-likeness (QED) is 0.454. The summed E-state index contributed by atoms with van der Waals surface area (Å²) in [5, 5.41) is 0.410. The second-order valence-corrected chi connectivity index (χ2v) is 11.2. The molecular weight excluding hydrogens is 503 g/mol. The van der Waals surface area contributed by atoms with E-state index in [1.54, 1.807) is 6.07 Å². The van der Waals surface area contributed by atoms with Crippen LogP contribution >= 0.6 is 62.7 Å². The third kappa shape index (κ3) is 4.59. The molecule has 1 aliphatic rings. The summed E-state index contributed by atoms with van der Waals surface area (Å²) < 4.78 is 36.8. The van der Waals surface area contributed by atoms with Gasteiger partial charge in [0.1, 0.15) is 4.90 Å². The molecule has 1 aliphatic heterocycles. The Morgan fingerprint density at radius 1 is 1.08 bits per heavy atom. The molecule has 10 heteroatoms. The van der Waals surface area contributed by atoms with Crippen molar-refractivity contribution in [1.29, 1.82) is 0 Å². The molecule has 0 unspecified atom stereocenters. The molecule has 0 radical (unpaired) electrons. The number of benzene rings is 2. The lowest BCUT2D eigenvalue weighted by Crippen LogP contribution is -2.11. The molecule has 0 N–H and O–H groups in total. The Balaban J connectivity index is 1.98. The number of thioether (sulfide) groups is 2. The van der Waals surface area contributed by atoms with Crippen molar-refractivity contribution in [3.05, 3.63) is 50.4 Å². The van der Waals surface area contributed by atoms with Gasteiger partial charge in [0.05, 0.1) is 16.2 Å². The Morgan fingerprint density at radius 2 is 1.69 bits per heavy atom. The van der Waals surface area contributed by atoms with Gasteiger partial charge in [-0.3, -0.25) is 0 Å². The molecule has 2 aromatic carbocycles. The number of hydrogen-bond acceptors (Lipinski definition) is 6. The predicted molar refractivity (Wildman–Crippen MR) is 113 cm³/mol. The SMILES string of the molecule is COc1cc(C2SCCS2)cc(Br)c1OS(=O)(=O)c1cc(Cl)cc(Cl)c1. The topological polar surface area (TPSA) is 52.6 Å². The standard InChI is InChI=1S/C16H13BrCl2O4S3/c1-22-14-5-9(16-24-2-3-25-16)4-13(17)15(14)23-26(20,21)12-7-10(18)6-11(19)8-12/h4-8,16H,2-3H2,1H3. The fourth-order valence-electron chi connectivity index (χ4n) is 2.34. The summed E-state index contributed by atoms with van der Waals surface area (Å²) in [7, 11) is -2.67. The lowest BCUT2D eigenvalue weighted by atomic mass is 10.2. The van der Waals surface area contributed by atoms with Crippen LogP contribution in [0.3, 0.4) is 0 Å². The lowest BCUT2D eigenvalue weighted by molar-refractivity contribution is 0.389. The average Bonchev–Trinajstić information content (AvgIpc) is 3.10. The molecule has 1 saturated heterocycles.